The van der Waals surface area contributed by atoms with E-state index in [4.69, 9.17) is 11.6 Å². The molecule has 0 unspecified atom stereocenters. The van der Waals surface area contributed by atoms with Crippen LogP contribution < -0.4 is 10.6 Å². The maximum Gasteiger partial charge on any atom is 0.319 e. The molecule has 3 nitrogen and oxygen atoms in total. The molecule has 0 aliphatic rings. The fourth-order valence-corrected chi connectivity index (χ4v) is 1.57. The third-order valence-corrected chi connectivity index (χ3v) is 2.19. The monoisotopic (exact) mass is 240 g/mol. The number of rotatable bonds is 3. The van der Waals surface area contributed by atoms with Gasteiger partial charge in [-0.1, -0.05) is 25.4 Å². The van der Waals surface area contributed by atoms with Gasteiger partial charge >= 0.3 is 6.03 Å². The van der Waals surface area contributed by atoms with Crippen molar-refractivity contribution in [3.63, 3.8) is 0 Å². The first-order valence-electron chi connectivity index (χ1n) is 5.29. The van der Waals surface area contributed by atoms with Crippen molar-refractivity contribution in [2.24, 2.45) is 5.92 Å². The number of amides is 2. The van der Waals surface area contributed by atoms with Crippen molar-refractivity contribution in [3.8, 4) is 0 Å². The van der Waals surface area contributed by atoms with E-state index in [1.165, 1.54) is 0 Å². The molecule has 0 aliphatic heterocycles. The smallest absolute Gasteiger partial charge is 0.319 e. The van der Waals surface area contributed by atoms with Crippen LogP contribution in [0.4, 0.5) is 10.5 Å². The largest absolute Gasteiger partial charge is 0.338 e. The summed E-state index contributed by atoms with van der Waals surface area (Å²) in [7, 11) is 0. The molecule has 0 bridgehead atoms. The Bertz CT molecular complexity index is 357. The van der Waals surface area contributed by atoms with Crippen LogP contribution >= 0.6 is 11.6 Å². The first-order chi connectivity index (χ1) is 7.47. The number of benzene rings is 1. The lowest BCUT2D eigenvalue weighted by atomic mass is 10.2. The van der Waals surface area contributed by atoms with Gasteiger partial charge in [-0.15, -0.1) is 0 Å². The molecule has 0 saturated carbocycles. The van der Waals surface area contributed by atoms with Crippen LogP contribution in [0.1, 0.15) is 19.4 Å². The Balaban J connectivity index is 2.56. The molecule has 2 amide bonds. The number of anilines is 1. The normalized spacial score (nSPS) is 10.3. The Morgan fingerprint density at radius 1 is 1.38 bits per heavy atom. The molecule has 0 radical (unpaired) electrons. The van der Waals surface area contributed by atoms with E-state index in [2.05, 4.69) is 10.6 Å². The molecule has 0 fully saturated rings. The van der Waals surface area contributed by atoms with Crippen molar-refractivity contribution in [3.05, 3.63) is 28.8 Å². The van der Waals surface area contributed by atoms with Crippen molar-refractivity contribution in [1.29, 1.82) is 0 Å². The lowest BCUT2D eigenvalue weighted by Gasteiger charge is -2.10. The fraction of sp³-hybridized carbons (Fsp3) is 0.417. The molecule has 1 aromatic carbocycles. The minimum absolute atomic E-state index is 0.199. The van der Waals surface area contributed by atoms with E-state index in [9.17, 15) is 4.79 Å². The van der Waals surface area contributed by atoms with E-state index in [0.29, 0.717) is 23.2 Å². The summed E-state index contributed by atoms with van der Waals surface area (Å²) in [5.74, 6) is 0.437. The zero-order valence-corrected chi connectivity index (χ0v) is 10.6. The van der Waals surface area contributed by atoms with E-state index in [0.717, 1.165) is 5.56 Å². The van der Waals surface area contributed by atoms with Crippen molar-refractivity contribution in [2.45, 2.75) is 20.8 Å². The third-order valence-electron chi connectivity index (χ3n) is 1.97. The molecule has 4 heteroatoms. The van der Waals surface area contributed by atoms with Crippen LogP contribution in [0.3, 0.4) is 0 Å². The van der Waals surface area contributed by atoms with Crippen LogP contribution in [-0.2, 0) is 0 Å². The molecule has 0 aromatic heterocycles. The predicted molar refractivity (Wildman–Crippen MR) is 68.0 cm³/mol. The van der Waals surface area contributed by atoms with Gasteiger partial charge < -0.3 is 10.6 Å². The molecule has 16 heavy (non-hydrogen) atoms. The molecule has 1 rings (SSSR count). The number of carbonyl (C=O) groups is 1. The maximum absolute atomic E-state index is 11.5. The quantitative estimate of drug-likeness (QED) is 0.835. The van der Waals surface area contributed by atoms with Crippen LogP contribution in [0.5, 0.6) is 0 Å². The lowest BCUT2D eigenvalue weighted by molar-refractivity contribution is 0.251. The van der Waals surface area contributed by atoms with Gasteiger partial charge in [0.25, 0.3) is 0 Å². The summed E-state index contributed by atoms with van der Waals surface area (Å²) in [5.41, 5.74) is 1.73. The van der Waals surface area contributed by atoms with E-state index in [1.54, 1.807) is 6.07 Å². The average molecular weight is 241 g/mol. The third kappa shape index (κ3) is 4.53. The summed E-state index contributed by atoms with van der Waals surface area (Å²) >= 11 is 5.89. The Morgan fingerprint density at radius 2 is 2.06 bits per heavy atom. The van der Waals surface area contributed by atoms with Crippen LogP contribution in [-0.4, -0.2) is 12.6 Å². The second kappa shape index (κ2) is 5.75. The number of hydrogen-bond acceptors (Lipinski definition) is 1. The Labute approximate surface area is 101 Å². The number of aryl methyl sites for hydroxylation is 1. The summed E-state index contributed by atoms with van der Waals surface area (Å²) in [4.78, 5) is 11.5. The molecule has 0 atom stereocenters. The number of urea groups is 1. The van der Waals surface area contributed by atoms with Gasteiger partial charge in [-0.25, -0.2) is 4.79 Å². The van der Waals surface area contributed by atoms with Gasteiger partial charge in [-0.3, -0.25) is 0 Å². The second-order valence-electron chi connectivity index (χ2n) is 4.25. The summed E-state index contributed by atoms with van der Waals surface area (Å²) < 4.78 is 0. The molecule has 0 spiro atoms. The van der Waals surface area contributed by atoms with E-state index < -0.39 is 0 Å². The summed E-state index contributed by atoms with van der Waals surface area (Å²) in [5, 5.41) is 6.15. The second-order valence-corrected chi connectivity index (χ2v) is 4.68. The van der Waals surface area contributed by atoms with Gasteiger partial charge in [0.2, 0.25) is 0 Å². The van der Waals surface area contributed by atoms with Gasteiger partial charge in [0.1, 0.15) is 0 Å². The average Bonchev–Trinajstić information content (AvgIpc) is 2.12. The summed E-state index contributed by atoms with van der Waals surface area (Å²) in [6, 6.07) is 5.25. The number of hydrogen-bond donors (Lipinski definition) is 2. The highest BCUT2D eigenvalue weighted by Gasteiger charge is 2.03. The molecule has 1 aromatic rings. The maximum atomic E-state index is 11.5. The number of halogens is 1. The van der Waals surface area contributed by atoms with Crippen molar-refractivity contribution in [1.82, 2.24) is 5.32 Å². The SMILES string of the molecule is Cc1cc(Cl)cc(NC(=O)NCC(C)C)c1. The van der Waals surface area contributed by atoms with Gasteiger partial charge in [-0.05, 0) is 36.6 Å². The standard InChI is InChI=1S/C12H17ClN2O/c1-8(2)7-14-12(16)15-11-5-9(3)4-10(13)6-11/h4-6,8H,7H2,1-3H3,(H2,14,15,16). The Hall–Kier alpha value is -1.22. The van der Waals surface area contributed by atoms with Gasteiger partial charge in [0.15, 0.2) is 0 Å². The van der Waals surface area contributed by atoms with Crippen molar-refractivity contribution < 1.29 is 4.79 Å². The first-order valence-corrected chi connectivity index (χ1v) is 5.67. The van der Waals surface area contributed by atoms with Crippen LogP contribution in [0.25, 0.3) is 0 Å². The molecule has 2 N–H and O–H groups in total. The summed E-state index contributed by atoms with van der Waals surface area (Å²) in [6.45, 7) is 6.68. The van der Waals surface area contributed by atoms with Crippen LogP contribution in [0.2, 0.25) is 5.02 Å². The zero-order valence-electron chi connectivity index (χ0n) is 9.80. The number of carbonyl (C=O) groups excluding carboxylic acids is 1. The van der Waals surface area contributed by atoms with Crippen molar-refractivity contribution >= 4 is 23.3 Å². The van der Waals surface area contributed by atoms with E-state index in [1.807, 2.05) is 32.9 Å². The highest BCUT2D eigenvalue weighted by molar-refractivity contribution is 6.31. The number of nitrogens with one attached hydrogen (secondary N) is 2. The minimum Gasteiger partial charge on any atom is -0.338 e. The van der Waals surface area contributed by atoms with Gasteiger partial charge in [0.05, 0.1) is 0 Å². The van der Waals surface area contributed by atoms with Gasteiger partial charge in [-0.2, -0.15) is 0 Å². The summed E-state index contributed by atoms with van der Waals surface area (Å²) in [6.07, 6.45) is 0. The van der Waals surface area contributed by atoms with E-state index in [-0.39, 0.29) is 6.03 Å². The predicted octanol–water partition coefficient (Wildman–Crippen LogP) is 3.43. The molecule has 0 heterocycles. The topological polar surface area (TPSA) is 41.1 Å². The molecule has 88 valence electrons. The van der Waals surface area contributed by atoms with Gasteiger partial charge in [0, 0.05) is 17.3 Å². The zero-order chi connectivity index (χ0) is 12.1. The Morgan fingerprint density at radius 3 is 2.62 bits per heavy atom. The molecule has 0 saturated heterocycles. The molecular formula is C12H17ClN2O. The molecule has 0 aliphatic carbocycles. The highest BCUT2D eigenvalue weighted by atomic mass is 35.5. The fourth-order valence-electron chi connectivity index (χ4n) is 1.28. The molecular weight excluding hydrogens is 224 g/mol. The van der Waals surface area contributed by atoms with Crippen molar-refractivity contribution in [2.75, 3.05) is 11.9 Å². The highest BCUT2D eigenvalue weighted by Crippen LogP contribution is 2.18. The van der Waals surface area contributed by atoms with E-state index >= 15 is 0 Å². The first kappa shape index (κ1) is 12.8. The van der Waals surface area contributed by atoms with Crippen LogP contribution in [0.15, 0.2) is 18.2 Å². The Kier molecular flexibility index (Phi) is 4.62. The van der Waals surface area contributed by atoms with Crippen LogP contribution in [0, 0.1) is 12.8 Å². The minimum atomic E-state index is -0.199. The lowest BCUT2D eigenvalue weighted by Crippen LogP contribution is -2.31.